The van der Waals surface area contributed by atoms with Crippen LogP contribution in [-0.4, -0.2) is 79.6 Å². The monoisotopic (exact) mass is 562 g/mol. The maximum absolute atomic E-state index is 12.0. The summed E-state index contributed by atoms with van der Waals surface area (Å²) in [6.07, 6.45) is 1.67. The number of methoxy groups -OCH3 is 1. The van der Waals surface area contributed by atoms with Gasteiger partial charge in [0.25, 0.3) is 0 Å². The van der Waals surface area contributed by atoms with E-state index in [0.717, 1.165) is 96.5 Å². The predicted molar refractivity (Wildman–Crippen MR) is 158 cm³/mol. The summed E-state index contributed by atoms with van der Waals surface area (Å²) in [6.45, 7) is 14.9. The summed E-state index contributed by atoms with van der Waals surface area (Å²) >= 11 is 0. The van der Waals surface area contributed by atoms with Crippen molar-refractivity contribution < 1.29 is 18.8 Å². The minimum atomic E-state index is -0.241. The van der Waals surface area contributed by atoms with Crippen LogP contribution in [0.3, 0.4) is 0 Å². The highest BCUT2D eigenvalue weighted by Crippen LogP contribution is 2.45. The molecular formula is C31H42N6O4. The fraction of sp³-hybridized carbons (Fsp3) is 0.548. The van der Waals surface area contributed by atoms with Gasteiger partial charge >= 0.3 is 6.09 Å². The van der Waals surface area contributed by atoms with Gasteiger partial charge in [-0.05, 0) is 65.3 Å². The third-order valence-corrected chi connectivity index (χ3v) is 8.54. The first-order chi connectivity index (χ1) is 19.6. The van der Waals surface area contributed by atoms with E-state index in [9.17, 15) is 4.79 Å². The van der Waals surface area contributed by atoms with Crippen molar-refractivity contribution in [3.8, 4) is 28.4 Å². The Labute approximate surface area is 242 Å². The summed E-state index contributed by atoms with van der Waals surface area (Å²) in [4.78, 5) is 26.4. The van der Waals surface area contributed by atoms with Crippen LogP contribution >= 0.6 is 0 Å². The number of aromatic nitrogens is 3. The molecule has 1 atom stereocenters. The van der Waals surface area contributed by atoms with Gasteiger partial charge in [0.1, 0.15) is 17.3 Å². The number of likely N-dealkylation sites (tertiary alicyclic amines) is 1. The number of aryl methyl sites for hydroxylation is 3. The van der Waals surface area contributed by atoms with E-state index >= 15 is 0 Å². The highest BCUT2D eigenvalue weighted by atomic mass is 16.5. The van der Waals surface area contributed by atoms with Crippen molar-refractivity contribution in [2.45, 2.75) is 47.5 Å². The largest absolute Gasteiger partial charge is 0.493 e. The number of carbonyl (C=O) groups is 1. The Balaban J connectivity index is 1.48. The lowest BCUT2D eigenvalue weighted by molar-refractivity contribution is 0.0621. The van der Waals surface area contributed by atoms with Gasteiger partial charge in [0.05, 0.1) is 30.7 Å². The fourth-order valence-electron chi connectivity index (χ4n) is 6.10. The second kappa shape index (κ2) is 11.7. The van der Waals surface area contributed by atoms with Crippen molar-refractivity contribution in [2.75, 3.05) is 58.4 Å². The molecule has 41 heavy (non-hydrogen) atoms. The SMILES string of the molecule is CNC[C@@H](C)COc1ccc(C)c(-c2nc(-c3c(C)noc3C)c(C)c(N3CC4(CCN(C(=O)OC)CC4)C3)n2)c1. The zero-order valence-corrected chi connectivity index (χ0v) is 25.3. The van der Waals surface area contributed by atoms with Crippen LogP contribution in [0, 0.1) is 39.0 Å². The number of rotatable bonds is 8. The van der Waals surface area contributed by atoms with Crippen molar-refractivity contribution in [3.05, 3.63) is 40.8 Å². The van der Waals surface area contributed by atoms with E-state index in [1.54, 1.807) is 4.90 Å². The van der Waals surface area contributed by atoms with Crippen LogP contribution in [-0.2, 0) is 4.74 Å². The van der Waals surface area contributed by atoms with Crippen LogP contribution in [0.25, 0.3) is 22.6 Å². The maximum atomic E-state index is 12.0. The first-order valence-corrected chi connectivity index (χ1v) is 14.4. The number of hydrogen-bond acceptors (Lipinski definition) is 9. The van der Waals surface area contributed by atoms with Gasteiger partial charge < -0.3 is 29.1 Å². The van der Waals surface area contributed by atoms with Gasteiger partial charge in [-0.1, -0.05) is 18.1 Å². The number of ether oxygens (including phenoxy) is 2. The summed E-state index contributed by atoms with van der Waals surface area (Å²) in [6, 6.07) is 6.13. The van der Waals surface area contributed by atoms with Gasteiger partial charge in [-0.3, -0.25) is 0 Å². The van der Waals surface area contributed by atoms with Gasteiger partial charge in [-0.25, -0.2) is 14.8 Å². The van der Waals surface area contributed by atoms with Crippen molar-refractivity contribution >= 4 is 11.9 Å². The summed E-state index contributed by atoms with van der Waals surface area (Å²) in [5, 5.41) is 7.42. The molecule has 1 amide bonds. The minimum Gasteiger partial charge on any atom is -0.493 e. The third kappa shape index (κ3) is 5.75. The van der Waals surface area contributed by atoms with Crippen molar-refractivity contribution in [3.63, 3.8) is 0 Å². The van der Waals surface area contributed by atoms with E-state index in [4.69, 9.17) is 24.0 Å². The predicted octanol–water partition coefficient (Wildman–Crippen LogP) is 4.94. The number of benzene rings is 1. The van der Waals surface area contributed by atoms with Gasteiger partial charge in [-0.15, -0.1) is 0 Å². The summed E-state index contributed by atoms with van der Waals surface area (Å²) < 4.78 is 16.6. The lowest BCUT2D eigenvalue weighted by atomic mass is 9.72. The molecule has 220 valence electrons. The molecule has 5 rings (SSSR count). The van der Waals surface area contributed by atoms with Crippen LogP contribution < -0.4 is 15.0 Å². The zero-order valence-electron chi connectivity index (χ0n) is 25.3. The van der Waals surface area contributed by atoms with Gasteiger partial charge in [0.2, 0.25) is 0 Å². The number of carbonyl (C=O) groups excluding carboxylic acids is 1. The van der Waals surface area contributed by atoms with Crippen molar-refractivity contribution in [1.82, 2.24) is 25.3 Å². The second-order valence-electron chi connectivity index (χ2n) is 11.8. The Kier molecular flexibility index (Phi) is 8.22. The average molecular weight is 563 g/mol. The Morgan fingerprint density at radius 3 is 2.51 bits per heavy atom. The molecule has 10 nitrogen and oxygen atoms in total. The van der Waals surface area contributed by atoms with E-state index in [1.165, 1.54) is 7.11 Å². The Morgan fingerprint density at radius 2 is 1.88 bits per heavy atom. The molecule has 3 aromatic rings. The molecule has 0 unspecified atom stereocenters. The molecule has 0 radical (unpaired) electrons. The van der Waals surface area contributed by atoms with Crippen LogP contribution in [0.1, 0.15) is 42.3 Å². The Bertz CT molecular complexity index is 1380. The number of piperidine rings is 1. The zero-order chi connectivity index (χ0) is 29.3. The number of nitrogens with one attached hydrogen (secondary N) is 1. The standard InChI is InChI=1S/C31H42N6O4/c1-19(15-32-6)16-40-24-9-8-20(2)25(14-24)28-33-27(26-22(4)35-41-23(26)5)21(3)29(34-28)37-17-31(18-37)10-12-36(13-11-31)30(38)39-7/h8-9,14,19,32H,10-13,15-18H2,1-7H3/t19-/m1/s1. The maximum Gasteiger partial charge on any atom is 0.409 e. The molecule has 1 aromatic carbocycles. The summed E-state index contributed by atoms with van der Waals surface area (Å²) in [7, 11) is 3.40. The number of amides is 1. The molecular weight excluding hydrogens is 520 g/mol. The van der Waals surface area contributed by atoms with E-state index in [2.05, 4.69) is 42.2 Å². The third-order valence-electron chi connectivity index (χ3n) is 8.54. The molecule has 1 spiro atoms. The highest BCUT2D eigenvalue weighted by Gasteiger charge is 2.46. The molecule has 2 aliphatic rings. The average Bonchev–Trinajstić information content (AvgIpc) is 3.28. The summed E-state index contributed by atoms with van der Waals surface area (Å²) in [5.74, 6) is 3.52. The van der Waals surface area contributed by atoms with E-state index in [-0.39, 0.29) is 11.5 Å². The first kappa shape index (κ1) is 28.9. The van der Waals surface area contributed by atoms with Crippen LogP contribution in [0.4, 0.5) is 10.6 Å². The lowest BCUT2D eigenvalue weighted by Gasteiger charge is -2.54. The van der Waals surface area contributed by atoms with Crippen LogP contribution in [0.15, 0.2) is 22.7 Å². The fourth-order valence-corrected chi connectivity index (χ4v) is 6.10. The minimum absolute atomic E-state index is 0.180. The normalized spacial score (nSPS) is 17.0. The van der Waals surface area contributed by atoms with Crippen molar-refractivity contribution in [2.24, 2.45) is 11.3 Å². The smallest absolute Gasteiger partial charge is 0.409 e. The molecule has 2 aromatic heterocycles. The molecule has 0 saturated carbocycles. The van der Waals surface area contributed by atoms with Gasteiger partial charge in [0, 0.05) is 55.2 Å². The van der Waals surface area contributed by atoms with Crippen LogP contribution in [0.2, 0.25) is 0 Å². The number of nitrogens with zero attached hydrogens (tertiary/aromatic N) is 5. The van der Waals surface area contributed by atoms with Gasteiger partial charge in [0.15, 0.2) is 5.82 Å². The van der Waals surface area contributed by atoms with Crippen LogP contribution in [0.5, 0.6) is 5.75 Å². The van der Waals surface area contributed by atoms with Crippen molar-refractivity contribution in [1.29, 1.82) is 0 Å². The number of anilines is 1. The molecule has 2 saturated heterocycles. The quantitative estimate of drug-likeness (QED) is 0.409. The lowest BCUT2D eigenvalue weighted by Crippen LogP contribution is -2.61. The topological polar surface area (TPSA) is 106 Å². The second-order valence-corrected chi connectivity index (χ2v) is 11.8. The first-order valence-electron chi connectivity index (χ1n) is 14.4. The van der Waals surface area contributed by atoms with E-state index in [1.807, 2.05) is 33.0 Å². The highest BCUT2D eigenvalue weighted by molar-refractivity contribution is 5.76. The molecule has 10 heteroatoms. The molecule has 2 fully saturated rings. The molecule has 0 bridgehead atoms. The van der Waals surface area contributed by atoms with E-state index < -0.39 is 0 Å². The molecule has 4 heterocycles. The van der Waals surface area contributed by atoms with E-state index in [0.29, 0.717) is 18.3 Å². The molecule has 0 aliphatic carbocycles. The number of hydrogen-bond donors (Lipinski definition) is 1. The summed E-state index contributed by atoms with van der Waals surface area (Å²) in [5.41, 5.74) is 5.78. The molecule has 2 aliphatic heterocycles. The Hall–Kier alpha value is -3.66. The van der Waals surface area contributed by atoms with Gasteiger partial charge in [-0.2, -0.15) is 0 Å². The molecule has 1 N–H and O–H groups in total. The Morgan fingerprint density at radius 1 is 1.15 bits per heavy atom.